The molecule has 1 aliphatic heterocycles. The number of nitrogens with two attached hydrogens (primary N) is 1. The molecule has 0 radical (unpaired) electrons. The third-order valence-electron chi connectivity index (χ3n) is 3.47. The molecule has 0 amide bonds. The summed E-state index contributed by atoms with van der Waals surface area (Å²) in [4.78, 5) is 2.51. The van der Waals surface area contributed by atoms with Crippen LogP contribution in [0.3, 0.4) is 0 Å². The van der Waals surface area contributed by atoms with Crippen LogP contribution in [0.1, 0.15) is 24.8 Å². The summed E-state index contributed by atoms with van der Waals surface area (Å²) < 4.78 is 0. The SMILES string of the molecule is Cc1cccc(N2CCC(CCCN)C2)c1. The van der Waals surface area contributed by atoms with Gasteiger partial charge in [-0.25, -0.2) is 0 Å². The van der Waals surface area contributed by atoms with E-state index in [-0.39, 0.29) is 0 Å². The van der Waals surface area contributed by atoms with E-state index in [1.54, 1.807) is 0 Å². The second kappa shape index (κ2) is 5.35. The van der Waals surface area contributed by atoms with Gasteiger partial charge in [0.25, 0.3) is 0 Å². The fourth-order valence-corrected chi connectivity index (χ4v) is 2.53. The number of aryl methyl sites for hydroxylation is 1. The number of rotatable bonds is 4. The molecule has 88 valence electrons. The summed E-state index contributed by atoms with van der Waals surface area (Å²) in [7, 11) is 0. The Morgan fingerprint density at radius 2 is 2.31 bits per heavy atom. The summed E-state index contributed by atoms with van der Waals surface area (Å²) in [5.41, 5.74) is 8.29. The fraction of sp³-hybridized carbons (Fsp3) is 0.571. The average molecular weight is 218 g/mol. The van der Waals surface area contributed by atoms with Crippen LogP contribution in [-0.4, -0.2) is 19.6 Å². The van der Waals surface area contributed by atoms with Crippen LogP contribution in [0.2, 0.25) is 0 Å². The van der Waals surface area contributed by atoms with Crippen LogP contribution in [-0.2, 0) is 0 Å². The smallest absolute Gasteiger partial charge is 0.0368 e. The second-order valence-corrected chi connectivity index (χ2v) is 4.87. The van der Waals surface area contributed by atoms with Crippen molar-refractivity contribution < 1.29 is 0 Å². The van der Waals surface area contributed by atoms with Gasteiger partial charge in [-0.15, -0.1) is 0 Å². The molecule has 0 aromatic heterocycles. The Bertz CT molecular complexity index is 335. The molecule has 1 atom stereocenters. The molecule has 0 spiro atoms. The zero-order valence-electron chi connectivity index (χ0n) is 10.2. The van der Waals surface area contributed by atoms with E-state index in [9.17, 15) is 0 Å². The van der Waals surface area contributed by atoms with E-state index in [2.05, 4.69) is 36.1 Å². The minimum Gasteiger partial charge on any atom is -0.371 e. The fourth-order valence-electron chi connectivity index (χ4n) is 2.53. The normalized spacial score (nSPS) is 20.4. The average Bonchev–Trinajstić information content (AvgIpc) is 2.75. The minimum absolute atomic E-state index is 0.834. The number of nitrogens with zero attached hydrogens (tertiary/aromatic N) is 1. The van der Waals surface area contributed by atoms with Crippen molar-refractivity contribution in [2.24, 2.45) is 11.7 Å². The van der Waals surface area contributed by atoms with Crippen molar-refractivity contribution in [3.63, 3.8) is 0 Å². The monoisotopic (exact) mass is 218 g/mol. The largest absolute Gasteiger partial charge is 0.371 e. The third-order valence-corrected chi connectivity index (χ3v) is 3.47. The van der Waals surface area contributed by atoms with Crippen LogP contribution in [0.25, 0.3) is 0 Å². The molecular formula is C14H22N2. The van der Waals surface area contributed by atoms with Crippen molar-refractivity contribution in [2.45, 2.75) is 26.2 Å². The standard InChI is InChI=1S/C14H22N2/c1-12-4-2-6-14(10-12)16-9-7-13(11-16)5-3-8-15/h2,4,6,10,13H,3,5,7-9,11,15H2,1H3. The summed E-state index contributed by atoms with van der Waals surface area (Å²) >= 11 is 0. The Labute approximate surface area is 98.4 Å². The first-order valence-corrected chi connectivity index (χ1v) is 6.31. The molecule has 1 heterocycles. The summed E-state index contributed by atoms with van der Waals surface area (Å²) in [5, 5.41) is 0. The maximum absolute atomic E-state index is 5.56. The van der Waals surface area contributed by atoms with Crippen LogP contribution >= 0.6 is 0 Å². The molecule has 1 unspecified atom stereocenters. The summed E-state index contributed by atoms with van der Waals surface area (Å²) in [6.45, 7) is 5.41. The number of anilines is 1. The first-order chi connectivity index (χ1) is 7.79. The highest BCUT2D eigenvalue weighted by Crippen LogP contribution is 2.26. The van der Waals surface area contributed by atoms with Crippen LogP contribution in [0.5, 0.6) is 0 Å². The van der Waals surface area contributed by atoms with Crippen molar-refractivity contribution in [3.05, 3.63) is 29.8 Å². The van der Waals surface area contributed by atoms with Crippen molar-refractivity contribution in [3.8, 4) is 0 Å². The van der Waals surface area contributed by atoms with Crippen LogP contribution in [0.4, 0.5) is 5.69 Å². The first kappa shape index (κ1) is 11.5. The maximum Gasteiger partial charge on any atom is 0.0368 e. The van der Waals surface area contributed by atoms with Gasteiger partial charge in [-0.2, -0.15) is 0 Å². The van der Waals surface area contributed by atoms with Crippen LogP contribution < -0.4 is 10.6 Å². The molecule has 0 aliphatic carbocycles. The molecule has 1 fully saturated rings. The Hall–Kier alpha value is -1.02. The molecule has 2 N–H and O–H groups in total. The molecule has 1 aromatic carbocycles. The minimum atomic E-state index is 0.834. The van der Waals surface area contributed by atoms with Crippen molar-refractivity contribution in [2.75, 3.05) is 24.5 Å². The topological polar surface area (TPSA) is 29.3 Å². The van der Waals surface area contributed by atoms with Gasteiger partial charge in [-0.05, 0) is 56.3 Å². The predicted molar refractivity (Wildman–Crippen MR) is 69.8 cm³/mol. The zero-order valence-corrected chi connectivity index (χ0v) is 10.2. The van der Waals surface area contributed by atoms with Gasteiger partial charge in [0.05, 0.1) is 0 Å². The molecule has 2 heteroatoms. The van der Waals surface area contributed by atoms with Crippen LogP contribution in [0, 0.1) is 12.8 Å². The van der Waals surface area contributed by atoms with E-state index < -0.39 is 0 Å². The highest BCUT2D eigenvalue weighted by Gasteiger charge is 2.21. The van der Waals surface area contributed by atoms with Gasteiger partial charge >= 0.3 is 0 Å². The third kappa shape index (κ3) is 2.76. The molecule has 1 aliphatic rings. The Morgan fingerprint density at radius 1 is 1.44 bits per heavy atom. The van der Waals surface area contributed by atoms with Gasteiger partial charge in [0.2, 0.25) is 0 Å². The lowest BCUT2D eigenvalue weighted by atomic mass is 10.0. The van der Waals surface area contributed by atoms with Gasteiger partial charge in [0.1, 0.15) is 0 Å². The lowest BCUT2D eigenvalue weighted by Crippen LogP contribution is -2.19. The molecular weight excluding hydrogens is 196 g/mol. The molecule has 1 aromatic rings. The molecule has 2 nitrogen and oxygen atoms in total. The maximum atomic E-state index is 5.56. The van der Waals surface area contributed by atoms with Gasteiger partial charge in [0, 0.05) is 18.8 Å². The van der Waals surface area contributed by atoms with Crippen molar-refractivity contribution >= 4 is 5.69 Å². The Kier molecular flexibility index (Phi) is 3.83. The number of hydrogen-bond donors (Lipinski definition) is 1. The van der Waals surface area contributed by atoms with Gasteiger partial charge in [-0.1, -0.05) is 12.1 Å². The molecule has 0 saturated carbocycles. The van der Waals surface area contributed by atoms with E-state index in [0.717, 1.165) is 12.5 Å². The Balaban J connectivity index is 1.93. The first-order valence-electron chi connectivity index (χ1n) is 6.31. The molecule has 1 saturated heterocycles. The van der Waals surface area contributed by atoms with E-state index >= 15 is 0 Å². The number of hydrogen-bond acceptors (Lipinski definition) is 2. The van der Waals surface area contributed by atoms with Crippen molar-refractivity contribution in [1.29, 1.82) is 0 Å². The lowest BCUT2D eigenvalue weighted by molar-refractivity contribution is 0.519. The molecule has 0 bridgehead atoms. The highest BCUT2D eigenvalue weighted by atomic mass is 15.1. The predicted octanol–water partition coefficient (Wildman–Crippen LogP) is 2.56. The van der Waals surface area contributed by atoms with E-state index in [4.69, 9.17) is 5.73 Å². The Morgan fingerprint density at radius 3 is 3.06 bits per heavy atom. The molecule has 16 heavy (non-hydrogen) atoms. The van der Waals surface area contributed by atoms with E-state index in [0.29, 0.717) is 0 Å². The lowest BCUT2D eigenvalue weighted by Gasteiger charge is -2.19. The zero-order chi connectivity index (χ0) is 11.4. The molecule has 2 rings (SSSR count). The summed E-state index contributed by atoms with van der Waals surface area (Å²) in [6.07, 6.45) is 3.79. The number of benzene rings is 1. The van der Waals surface area contributed by atoms with Gasteiger partial charge in [0.15, 0.2) is 0 Å². The summed E-state index contributed by atoms with van der Waals surface area (Å²) in [5.74, 6) is 0.851. The van der Waals surface area contributed by atoms with Crippen molar-refractivity contribution in [1.82, 2.24) is 0 Å². The van der Waals surface area contributed by atoms with E-state index in [1.807, 2.05) is 0 Å². The second-order valence-electron chi connectivity index (χ2n) is 4.87. The van der Waals surface area contributed by atoms with Gasteiger partial charge in [-0.3, -0.25) is 0 Å². The quantitative estimate of drug-likeness (QED) is 0.841. The van der Waals surface area contributed by atoms with Gasteiger partial charge < -0.3 is 10.6 Å². The van der Waals surface area contributed by atoms with Crippen LogP contribution in [0.15, 0.2) is 24.3 Å². The summed E-state index contributed by atoms with van der Waals surface area (Å²) in [6, 6.07) is 8.81. The van der Waals surface area contributed by atoms with E-state index in [1.165, 1.54) is 43.6 Å². The highest BCUT2D eigenvalue weighted by molar-refractivity contribution is 5.49.